The lowest BCUT2D eigenvalue weighted by atomic mass is 9.91. The number of amides is 1. The summed E-state index contributed by atoms with van der Waals surface area (Å²) in [6.45, 7) is 2.07. The molecule has 1 amide bonds. The zero-order chi connectivity index (χ0) is 20.9. The fourth-order valence-corrected chi connectivity index (χ4v) is 3.91. The Balaban J connectivity index is 1.66. The number of nitrogens with zero attached hydrogens (tertiary/aromatic N) is 6. The van der Waals surface area contributed by atoms with Gasteiger partial charge in [0.2, 0.25) is 11.1 Å². The van der Waals surface area contributed by atoms with Crippen molar-refractivity contribution in [2.75, 3.05) is 5.75 Å². The first kappa shape index (κ1) is 20.0. The summed E-state index contributed by atoms with van der Waals surface area (Å²) in [5.74, 6) is 0.356. The fraction of sp³-hybridized carbons (Fsp3) is 0.238. The van der Waals surface area contributed by atoms with Crippen LogP contribution in [-0.4, -0.2) is 43.4 Å². The van der Waals surface area contributed by atoms with Gasteiger partial charge in [-0.1, -0.05) is 61.2 Å². The molecule has 3 aromatic rings. The van der Waals surface area contributed by atoms with Crippen LogP contribution >= 0.6 is 11.8 Å². The Hall–Kier alpha value is -3.33. The number of carbonyl (C=O) groups is 1. The summed E-state index contributed by atoms with van der Waals surface area (Å²) in [5.41, 5.74) is 3.53. The molecule has 1 aromatic heterocycles. The number of aliphatic imine (C=N–C) groups is 2. The maximum Gasteiger partial charge on any atom is 0.235 e. The van der Waals surface area contributed by atoms with Crippen molar-refractivity contribution in [3.8, 4) is 0 Å². The maximum absolute atomic E-state index is 12.8. The lowest BCUT2D eigenvalue weighted by Crippen LogP contribution is -2.38. The molecule has 9 heteroatoms. The highest BCUT2D eigenvalue weighted by atomic mass is 32.2. The van der Waals surface area contributed by atoms with Gasteiger partial charge in [-0.3, -0.25) is 9.79 Å². The van der Waals surface area contributed by atoms with E-state index in [-0.39, 0.29) is 17.6 Å². The van der Waals surface area contributed by atoms with Gasteiger partial charge in [0, 0.05) is 12.8 Å². The molecule has 2 aromatic carbocycles. The van der Waals surface area contributed by atoms with Crippen LogP contribution in [0.5, 0.6) is 0 Å². The second kappa shape index (κ2) is 9.00. The molecule has 0 saturated heterocycles. The molecule has 1 unspecified atom stereocenters. The summed E-state index contributed by atoms with van der Waals surface area (Å²) in [4.78, 5) is 22.5. The second-order valence-electron chi connectivity index (χ2n) is 6.71. The Morgan fingerprint density at radius 3 is 2.43 bits per heavy atom. The van der Waals surface area contributed by atoms with Gasteiger partial charge < -0.3 is 5.32 Å². The summed E-state index contributed by atoms with van der Waals surface area (Å²) in [6.07, 6.45) is 0.738. The van der Waals surface area contributed by atoms with Crippen LogP contribution in [0.1, 0.15) is 24.8 Å². The number of thioether (sulfide) groups is 1. The summed E-state index contributed by atoms with van der Waals surface area (Å²) < 4.78 is 1.53. The van der Waals surface area contributed by atoms with Gasteiger partial charge in [-0.15, -0.1) is 5.10 Å². The number of para-hydroxylation sites is 2. The lowest BCUT2D eigenvalue weighted by molar-refractivity contribution is -0.117. The Kier molecular flexibility index (Phi) is 5.99. The smallest absolute Gasteiger partial charge is 0.235 e. The van der Waals surface area contributed by atoms with E-state index in [1.165, 1.54) is 16.4 Å². The van der Waals surface area contributed by atoms with E-state index in [0.717, 1.165) is 29.1 Å². The third-order valence-electron chi connectivity index (χ3n) is 4.67. The minimum atomic E-state index is -0.228. The van der Waals surface area contributed by atoms with E-state index in [4.69, 9.17) is 9.98 Å². The minimum Gasteiger partial charge on any atom is -0.313 e. The standard InChI is InChI=1S/C21H21N7OS/c1-3-15-19(14-9-5-4-6-10-14)20(23-17-12-8-7-11-16(17)22-15)24-18(29)13-30-21-25-26-27-28(21)2/h4-12,19H,3,13H2,1-2H3,(H,23,24,29). The third-order valence-corrected chi connectivity index (χ3v) is 5.68. The zero-order valence-electron chi connectivity index (χ0n) is 16.7. The largest absolute Gasteiger partial charge is 0.313 e. The molecule has 1 atom stereocenters. The summed E-state index contributed by atoms with van der Waals surface area (Å²) in [7, 11) is 1.74. The van der Waals surface area contributed by atoms with Crippen LogP contribution in [0.4, 0.5) is 11.4 Å². The van der Waals surface area contributed by atoms with E-state index in [2.05, 4.69) is 27.8 Å². The molecular formula is C21H21N7OS. The average Bonchev–Trinajstić information content (AvgIpc) is 3.10. The highest BCUT2D eigenvalue weighted by molar-refractivity contribution is 7.99. The summed E-state index contributed by atoms with van der Waals surface area (Å²) >= 11 is 1.27. The topological polar surface area (TPSA) is 97.4 Å². The van der Waals surface area contributed by atoms with E-state index in [0.29, 0.717) is 11.0 Å². The molecule has 30 heavy (non-hydrogen) atoms. The zero-order valence-corrected chi connectivity index (χ0v) is 17.5. The van der Waals surface area contributed by atoms with Crippen molar-refractivity contribution in [2.24, 2.45) is 17.0 Å². The van der Waals surface area contributed by atoms with Crippen molar-refractivity contribution in [2.45, 2.75) is 24.4 Å². The van der Waals surface area contributed by atoms with Crippen LogP contribution in [0.3, 0.4) is 0 Å². The van der Waals surface area contributed by atoms with Crippen molar-refractivity contribution in [3.05, 3.63) is 60.2 Å². The number of hydrogen-bond acceptors (Lipinski definition) is 7. The molecule has 0 aliphatic carbocycles. The van der Waals surface area contributed by atoms with Gasteiger partial charge in [0.25, 0.3) is 0 Å². The number of rotatable bonds is 5. The third kappa shape index (κ3) is 4.30. The van der Waals surface area contributed by atoms with Crippen LogP contribution in [-0.2, 0) is 11.8 Å². The molecule has 1 N–H and O–H groups in total. The molecule has 0 saturated carbocycles. The highest BCUT2D eigenvalue weighted by Crippen LogP contribution is 2.35. The normalized spacial score (nSPS) is 15.6. The second-order valence-corrected chi connectivity index (χ2v) is 7.65. The van der Waals surface area contributed by atoms with Crippen molar-refractivity contribution < 1.29 is 4.79 Å². The van der Waals surface area contributed by atoms with E-state index in [9.17, 15) is 4.79 Å². The lowest BCUT2D eigenvalue weighted by Gasteiger charge is -2.20. The monoisotopic (exact) mass is 419 g/mol. The first-order chi connectivity index (χ1) is 14.7. The van der Waals surface area contributed by atoms with Gasteiger partial charge in [-0.05, 0) is 34.5 Å². The number of hydrogen-bond donors (Lipinski definition) is 1. The molecule has 8 nitrogen and oxygen atoms in total. The van der Waals surface area contributed by atoms with Gasteiger partial charge in [-0.25, -0.2) is 9.67 Å². The number of aryl methyl sites for hydroxylation is 1. The number of fused-ring (bicyclic) bond motifs is 1. The first-order valence-corrected chi connectivity index (χ1v) is 10.6. The van der Waals surface area contributed by atoms with Crippen LogP contribution < -0.4 is 5.32 Å². The predicted molar refractivity (Wildman–Crippen MR) is 118 cm³/mol. The fourth-order valence-electron chi connectivity index (χ4n) is 3.26. The highest BCUT2D eigenvalue weighted by Gasteiger charge is 2.27. The Morgan fingerprint density at radius 2 is 1.77 bits per heavy atom. The van der Waals surface area contributed by atoms with Crippen LogP contribution in [0, 0.1) is 0 Å². The van der Waals surface area contributed by atoms with Crippen molar-refractivity contribution in [3.63, 3.8) is 0 Å². The molecule has 0 fully saturated rings. The quantitative estimate of drug-likeness (QED) is 0.639. The number of nitrogens with one attached hydrogen (secondary N) is 1. The molecule has 152 valence electrons. The van der Waals surface area contributed by atoms with Gasteiger partial charge >= 0.3 is 0 Å². The van der Waals surface area contributed by atoms with Gasteiger partial charge in [-0.2, -0.15) is 0 Å². The summed E-state index contributed by atoms with van der Waals surface area (Å²) in [6, 6.07) is 17.7. The molecule has 0 spiro atoms. The van der Waals surface area contributed by atoms with Gasteiger partial charge in [0.05, 0.1) is 23.0 Å². The number of aromatic nitrogens is 4. The van der Waals surface area contributed by atoms with Crippen LogP contribution in [0.25, 0.3) is 0 Å². The molecule has 4 rings (SSSR count). The van der Waals surface area contributed by atoms with E-state index in [1.54, 1.807) is 7.05 Å². The molecule has 0 bridgehead atoms. The van der Waals surface area contributed by atoms with Gasteiger partial charge in [0.1, 0.15) is 5.84 Å². The first-order valence-electron chi connectivity index (χ1n) is 9.60. The van der Waals surface area contributed by atoms with Crippen LogP contribution in [0.15, 0.2) is 69.7 Å². The van der Waals surface area contributed by atoms with E-state index in [1.807, 2.05) is 54.6 Å². The molecule has 1 aliphatic rings. The molecule has 1 aliphatic heterocycles. The Labute approximate surface area is 178 Å². The number of benzene rings is 2. The SMILES string of the molecule is CCC1=Nc2ccccc2N=C(NC(=O)CSc2nnnn2C)C1c1ccccc1. The predicted octanol–water partition coefficient (Wildman–Crippen LogP) is 3.43. The van der Waals surface area contributed by atoms with Crippen LogP contribution in [0.2, 0.25) is 0 Å². The molecule has 0 radical (unpaired) electrons. The van der Waals surface area contributed by atoms with Crippen molar-refractivity contribution in [1.29, 1.82) is 0 Å². The van der Waals surface area contributed by atoms with E-state index >= 15 is 0 Å². The maximum atomic E-state index is 12.8. The number of tetrazole rings is 1. The Morgan fingerprint density at radius 1 is 1.07 bits per heavy atom. The molecule has 2 heterocycles. The average molecular weight is 420 g/mol. The van der Waals surface area contributed by atoms with E-state index < -0.39 is 0 Å². The van der Waals surface area contributed by atoms with Crippen molar-refractivity contribution in [1.82, 2.24) is 25.5 Å². The number of amidine groups is 1. The van der Waals surface area contributed by atoms with Gasteiger partial charge in [0.15, 0.2) is 0 Å². The number of carbonyl (C=O) groups excluding carboxylic acids is 1. The molecular weight excluding hydrogens is 398 g/mol. The summed E-state index contributed by atoms with van der Waals surface area (Å²) in [5, 5.41) is 14.9. The minimum absolute atomic E-state index is 0.169. The Bertz CT molecular complexity index is 1110. The van der Waals surface area contributed by atoms with Crippen molar-refractivity contribution >= 4 is 40.6 Å².